The molecule has 16 heteroatoms. The first kappa shape index (κ1) is 42.8. The van der Waals surface area contributed by atoms with Crippen molar-refractivity contribution in [2.24, 2.45) is 0 Å². The Kier molecular flexibility index (Phi) is 32.2. The molecule has 0 aliphatic heterocycles. The van der Waals surface area contributed by atoms with Crippen molar-refractivity contribution >= 4 is 43.1 Å². The van der Waals surface area contributed by atoms with Crippen molar-refractivity contribution in [3.05, 3.63) is 0 Å². The average Bonchev–Trinajstić information content (AvgIpc) is 2.97. The molecule has 0 aliphatic carbocycles. The summed E-state index contributed by atoms with van der Waals surface area (Å²) in [7, 11) is 0. The first-order valence-electron chi connectivity index (χ1n) is 15.1. The van der Waals surface area contributed by atoms with Crippen molar-refractivity contribution in [2.75, 3.05) is 124 Å². The van der Waals surface area contributed by atoms with Crippen molar-refractivity contribution in [1.29, 1.82) is 0 Å². The molecule has 260 valence electrons. The van der Waals surface area contributed by atoms with Crippen molar-refractivity contribution < 1.29 is 57.8 Å². The molecule has 0 spiro atoms. The van der Waals surface area contributed by atoms with Crippen LogP contribution in [0.1, 0.15) is 32.1 Å². The van der Waals surface area contributed by atoms with Crippen LogP contribution in [0, 0.1) is 0 Å². The highest BCUT2D eigenvalue weighted by Crippen LogP contribution is 2.12. The van der Waals surface area contributed by atoms with Gasteiger partial charge >= 0.3 is 11.9 Å². The Morgan fingerprint density at radius 2 is 1.02 bits per heavy atom. The molecule has 14 nitrogen and oxygen atoms in total. The molecule has 44 heavy (non-hydrogen) atoms. The number of nitrogens with one attached hydrogen (secondary N) is 1. The van der Waals surface area contributed by atoms with E-state index in [1.165, 1.54) is 4.90 Å². The van der Waals surface area contributed by atoms with Gasteiger partial charge in [0.2, 0.25) is 5.91 Å². The van der Waals surface area contributed by atoms with E-state index in [-0.39, 0.29) is 32.1 Å². The average molecular weight is 675 g/mol. The fraction of sp³-hybridized carbons (Fsp3) is 0.893. The summed E-state index contributed by atoms with van der Waals surface area (Å²) in [5, 5.41) is 20.8. The summed E-state index contributed by atoms with van der Waals surface area (Å²) in [6.45, 7) is 5.74. The minimum Gasteiger partial charge on any atom is -0.480 e. The molecule has 0 aromatic carbocycles. The molecule has 1 amide bonds. The Labute approximate surface area is 272 Å². The summed E-state index contributed by atoms with van der Waals surface area (Å²) >= 11 is 8.69. The third-order valence-corrected chi connectivity index (χ3v) is 6.50. The first-order chi connectivity index (χ1) is 21.3. The molecule has 0 aliphatic rings. The maximum Gasteiger partial charge on any atom is 0.317 e. The van der Waals surface area contributed by atoms with Gasteiger partial charge in [0.15, 0.2) is 0 Å². The number of hydrogen-bond donors (Lipinski definition) is 5. The fourth-order valence-electron chi connectivity index (χ4n) is 3.52. The van der Waals surface area contributed by atoms with Crippen LogP contribution in [0.4, 0.5) is 0 Å². The molecule has 1 atom stereocenters. The number of unbranched alkanes of at least 4 members (excludes halogenated alkanes) is 1. The zero-order valence-electron chi connectivity index (χ0n) is 25.9. The Bertz CT molecular complexity index is 681. The van der Waals surface area contributed by atoms with Crippen LogP contribution in [-0.4, -0.2) is 163 Å². The second kappa shape index (κ2) is 33.2. The molecule has 0 aromatic rings. The Balaban J connectivity index is 3.26. The van der Waals surface area contributed by atoms with Crippen LogP contribution in [0.2, 0.25) is 0 Å². The van der Waals surface area contributed by atoms with Gasteiger partial charge in [0.25, 0.3) is 0 Å². The van der Waals surface area contributed by atoms with E-state index in [4.69, 9.17) is 43.4 Å². The van der Waals surface area contributed by atoms with E-state index in [0.29, 0.717) is 104 Å². The van der Waals surface area contributed by atoms with Crippen molar-refractivity contribution in [1.82, 2.24) is 10.2 Å². The standard InChI is InChI=1S/C28H54N2O12S2/c31-26(4-2-1-3-25(44)5-22-43)29-6-8-36-10-12-38-14-16-40-18-20-42-21-19-41-17-15-39-13-11-37-9-7-30(23-27(32)33)24-28(34)35/h25,43-44H,1-24H2,(H,29,31)(H,32,33)(H,34,35). The number of hydrogen-bond acceptors (Lipinski definition) is 13. The molecule has 0 fully saturated rings. The molecule has 0 heterocycles. The first-order valence-corrected chi connectivity index (χ1v) is 16.3. The van der Waals surface area contributed by atoms with Crippen molar-refractivity contribution in [2.45, 2.75) is 37.4 Å². The van der Waals surface area contributed by atoms with E-state index in [9.17, 15) is 14.4 Å². The lowest BCUT2D eigenvalue weighted by atomic mass is 10.1. The Morgan fingerprint density at radius 3 is 1.43 bits per heavy atom. The number of aliphatic carboxylic acids is 2. The molecular formula is C28H54N2O12S2. The minimum absolute atomic E-state index is 0.0492. The van der Waals surface area contributed by atoms with Gasteiger partial charge < -0.3 is 48.7 Å². The van der Waals surface area contributed by atoms with Gasteiger partial charge in [-0.1, -0.05) is 6.42 Å². The van der Waals surface area contributed by atoms with Gasteiger partial charge in [-0.05, 0) is 25.0 Å². The predicted octanol–water partition coefficient (Wildman–Crippen LogP) is 0.869. The summed E-state index contributed by atoms with van der Waals surface area (Å²) in [6.07, 6.45) is 4.39. The number of carbonyl (C=O) groups is 3. The second-order valence-corrected chi connectivity index (χ2v) is 10.7. The second-order valence-electron chi connectivity index (χ2n) is 9.55. The van der Waals surface area contributed by atoms with E-state index < -0.39 is 11.9 Å². The summed E-state index contributed by atoms with van der Waals surface area (Å²) < 4.78 is 37.9. The van der Waals surface area contributed by atoms with E-state index in [0.717, 1.165) is 31.4 Å². The molecule has 0 aromatic heterocycles. The van der Waals surface area contributed by atoms with Crippen LogP contribution < -0.4 is 5.32 Å². The van der Waals surface area contributed by atoms with E-state index >= 15 is 0 Å². The number of carboxylic acid groups (broad SMARTS) is 2. The number of amides is 1. The molecule has 0 rings (SSSR count). The van der Waals surface area contributed by atoms with Crippen LogP contribution in [0.25, 0.3) is 0 Å². The fourth-order valence-corrected chi connectivity index (χ4v) is 4.35. The number of nitrogens with zero attached hydrogens (tertiary/aromatic N) is 1. The van der Waals surface area contributed by atoms with E-state index in [1.807, 2.05) is 0 Å². The van der Waals surface area contributed by atoms with Gasteiger partial charge in [-0.2, -0.15) is 25.3 Å². The highest BCUT2D eigenvalue weighted by molar-refractivity contribution is 7.81. The van der Waals surface area contributed by atoms with Crippen LogP contribution in [0.15, 0.2) is 0 Å². The highest BCUT2D eigenvalue weighted by Gasteiger charge is 2.13. The van der Waals surface area contributed by atoms with Gasteiger partial charge in [-0.25, -0.2) is 0 Å². The van der Waals surface area contributed by atoms with Crippen molar-refractivity contribution in [3.8, 4) is 0 Å². The quantitative estimate of drug-likeness (QED) is 0.0474. The smallest absolute Gasteiger partial charge is 0.317 e. The lowest BCUT2D eigenvalue weighted by molar-refractivity contribution is -0.142. The zero-order chi connectivity index (χ0) is 32.5. The highest BCUT2D eigenvalue weighted by atomic mass is 32.1. The number of carboxylic acids is 2. The number of carbonyl (C=O) groups excluding carboxylic acids is 1. The van der Waals surface area contributed by atoms with Gasteiger partial charge in [0.05, 0.1) is 106 Å². The van der Waals surface area contributed by atoms with Crippen LogP contribution in [0.3, 0.4) is 0 Å². The molecule has 0 bridgehead atoms. The predicted molar refractivity (Wildman–Crippen MR) is 170 cm³/mol. The molecule has 0 saturated carbocycles. The monoisotopic (exact) mass is 674 g/mol. The van der Waals surface area contributed by atoms with Gasteiger partial charge in [-0.3, -0.25) is 19.3 Å². The summed E-state index contributed by atoms with van der Waals surface area (Å²) in [4.78, 5) is 34.5. The Morgan fingerprint density at radius 1 is 0.614 bits per heavy atom. The normalized spacial score (nSPS) is 12.1. The number of ether oxygens (including phenoxy) is 7. The molecule has 1 unspecified atom stereocenters. The minimum atomic E-state index is -1.09. The lowest BCUT2D eigenvalue weighted by Gasteiger charge is -2.17. The van der Waals surface area contributed by atoms with Crippen LogP contribution in [0.5, 0.6) is 0 Å². The van der Waals surface area contributed by atoms with E-state index in [2.05, 4.69) is 30.6 Å². The summed E-state index contributed by atoms with van der Waals surface area (Å²) in [5.41, 5.74) is 0. The van der Waals surface area contributed by atoms with E-state index in [1.54, 1.807) is 0 Å². The molecular weight excluding hydrogens is 620 g/mol. The topological polar surface area (TPSA) is 172 Å². The third-order valence-electron chi connectivity index (χ3n) is 5.72. The van der Waals surface area contributed by atoms with Crippen LogP contribution >= 0.6 is 25.3 Å². The Hall–Kier alpha value is -1.21. The van der Waals surface area contributed by atoms with Crippen molar-refractivity contribution in [3.63, 3.8) is 0 Å². The third kappa shape index (κ3) is 33.7. The summed E-state index contributed by atoms with van der Waals surface area (Å²) in [6, 6.07) is 0. The largest absolute Gasteiger partial charge is 0.480 e. The number of thiol groups is 2. The SMILES string of the molecule is O=C(O)CN(CCOCCOCCOCCOCCOCCOCCOCCNC(=O)CCCCC(S)CCS)CC(=O)O. The zero-order valence-corrected chi connectivity index (χ0v) is 27.7. The van der Waals surface area contributed by atoms with Gasteiger partial charge in [0, 0.05) is 24.8 Å². The van der Waals surface area contributed by atoms with Crippen LogP contribution in [-0.2, 0) is 47.5 Å². The van der Waals surface area contributed by atoms with Gasteiger partial charge in [0.1, 0.15) is 0 Å². The lowest BCUT2D eigenvalue weighted by Crippen LogP contribution is -2.37. The maximum absolute atomic E-state index is 11.8. The molecule has 3 N–H and O–H groups in total. The molecule has 0 saturated heterocycles. The number of rotatable bonds is 35. The molecule has 0 radical (unpaired) electrons. The maximum atomic E-state index is 11.8. The van der Waals surface area contributed by atoms with Gasteiger partial charge in [-0.15, -0.1) is 0 Å². The summed E-state index contributed by atoms with van der Waals surface area (Å²) in [5.74, 6) is -1.29.